The van der Waals surface area contributed by atoms with Gasteiger partial charge in [0.05, 0.1) is 17.9 Å². The van der Waals surface area contributed by atoms with E-state index < -0.39 is 0 Å². The molecule has 0 aromatic carbocycles. The predicted octanol–water partition coefficient (Wildman–Crippen LogP) is 3.27. The van der Waals surface area contributed by atoms with Crippen molar-refractivity contribution >= 4 is 56.3 Å². The molecule has 2 aromatic heterocycles. The summed E-state index contributed by atoms with van der Waals surface area (Å²) in [6, 6.07) is 3.22. The second kappa shape index (κ2) is 3.03. The Bertz CT molecular complexity index is 485. The zero-order valence-electron chi connectivity index (χ0n) is 5.70. The van der Waals surface area contributed by atoms with Gasteiger partial charge in [-0.25, -0.2) is 0 Å². The Balaban J connectivity index is 2.98. The third-order valence-electron chi connectivity index (χ3n) is 1.39. The van der Waals surface area contributed by atoms with Crippen molar-refractivity contribution in [1.82, 2.24) is 0 Å². The molecular weight excluding hydrogens is 232 g/mol. The van der Waals surface area contributed by atoms with E-state index in [9.17, 15) is 4.79 Å². The highest BCUT2D eigenvalue weighted by Crippen LogP contribution is 2.32. The van der Waals surface area contributed by atoms with Gasteiger partial charge in [-0.3, -0.25) is 4.79 Å². The minimum Gasteiger partial charge on any atom is -0.289 e. The summed E-state index contributed by atoms with van der Waals surface area (Å²) < 4.78 is 2.32. The first-order valence-corrected chi connectivity index (χ1v) is 5.55. The van der Waals surface area contributed by atoms with Gasteiger partial charge in [-0.05, 0) is 6.07 Å². The van der Waals surface area contributed by atoms with Crippen LogP contribution >= 0.6 is 46.9 Å². The van der Waals surface area contributed by atoms with Crippen molar-refractivity contribution in [2.75, 3.05) is 0 Å². The Morgan fingerprint density at radius 3 is 2.83 bits per heavy atom. The minimum absolute atomic E-state index is 0.00287. The van der Waals surface area contributed by atoms with Crippen LogP contribution in [0.5, 0.6) is 0 Å². The quantitative estimate of drug-likeness (QED) is 0.693. The molecule has 0 aliphatic rings. The van der Waals surface area contributed by atoms with Crippen LogP contribution in [0, 0.1) is 0 Å². The molecule has 1 nitrogen and oxygen atoms in total. The van der Waals surface area contributed by atoms with E-state index in [1.807, 2.05) is 0 Å². The summed E-state index contributed by atoms with van der Waals surface area (Å²) in [5.74, 6) is 0. The molecule has 0 N–H and O–H groups in total. The van der Waals surface area contributed by atoms with Crippen LogP contribution in [0.4, 0.5) is 0 Å². The number of thiophene rings is 1. The molecule has 5 heteroatoms. The third-order valence-corrected chi connectivity index (χ3v) is 4.08. The van der Waals surface area contributed by atoms with Crippen LogP contribution in [0.3, 0.4) is 0 Å². The molecule has 0 saturated heterocycles. The molecule has 0 aliphatic carbocycles. The summed E-state index contributed by atoms with van der Waals surface area (Å²) in [6.45, 7) is 0. The Labute approximate surface area is 87.0 Å². The van der Waals surface area contributed by atoms with Crippen LogP contribution < -0.4 is 5.43 Å². The van der Waals surface area contributed by atoms with E-state index in [0.717, 1.165) is 8.22 Å². The van der Waals surface area contributed by atoms with Gasteiger partial charge in [0.2, 0.25) is 0 Å². The first kappa shape index (κ1) is 8.56. The largest absolute Gasteiger partial charge is 0.289 e. The van der Waals surface area contributed by atoms with Crippen molar-refractivity contribution in [3.63, 3.8) is 0 Å². The van der Waals surface area contributed by atoms with Gasteiger partial charge in [0.1, 0.15) is 0 Å². The molecule has 0 aliphatic heterocycles. The smallest absolute Gasteiger partial charge is 0.190 e. The Kier molecular flexibility index (Phi) is 2.16. The molecule has 0 spiro atoms. The number of thiol groups is 1. The van der Waals surface area contributed by atoms with Crippen molar-refractivity contribution in [1.29, 1.82) is 0 Å². The monoisotopic (exact) mass is 234 g/mol. The lowest BCUT2D eigenvalue weighted by Gasteiger charge is -1.87. The van der Waals surface area contributed by atoms with Crippen molar-refractivity contribution in [3.8, 4) is 0 Å². The van der Waals surface area contributed by atoms with Gasteiger partial charge in [0, 0.05) is 6.07 Å². The third kappa shape index (κ3) is 1.40. The van der Waals surface area contributed by atoms with Gasteiger partial charge in [-0.1, -0.05) is 11.6 Å². The number of rotatable bonds is 0. The number of hydrogen-bond acceptors (Lipinski definition) is 4. The minimum atomic E-state index is -0.00287. The molecule has 0 saturated carbocycles. The molecule has 2 rings (SSSR count). The van der Waals surface area contributed by atoms with Gasteiger partial charge in [0.25, 0.3) is 0 Å². The highest BCUT2D eigenvalue weighted by atomic mass is 35.5. The van der Waals surface area contributed by atoms with E-state index in [1.54, 1.807) is 6.07 Å². The SMILES string of the molecule is O=c1cc(S)sc2sc(Cl)cc12. The molecular formula is C7H3ClOS3. The highest BCUT2D eigenvalue weighted by Gasteiger charge is 2.04. The summed E-state index contributed by atoms with van der Waals surface area (Å²) >= 11 is 12.8. The van der Waals surface area contributed by atoms with Crippen LogP contribution in [0.2, 0.25) is 4.34 Å². The van der Waals surface area contributed by atoms with Crippen molar-refractivity contribution < 1.29 is 0 Å². The second-order valence-electron chi connectivity index (χ2n) is 2.20. The summed E-state index contributed by atoms with van der Waals surface area (Å²) in [6.07, 6.45) is 0. The van der Waals surface area contributed by atoms with Crippen molar-refractivity contribution in [2.24, 2.45) is 0 Å². The Morgan fingerprint density at radius 2 is 2.08 bits per heavy atom. The fourth-order valence-electron chi connectivity index (χ4n) is 0.907. The topological polar surface area (TPSA) is 17.1 Å². The lowest BCUT2D eigenvalue weighted by atomic mass is 10.4. The summed E-state index contributed by atoms with van der Waals surface area (Å²) in [5.41, 5.74) is -0.00287. The number of fused-ring (bicyclic) bond motifs is 1. The summed E-state index contributed by atoms with van der Waals surface area (Å²) in [7, 11) is 0. The molecule has 0 unspecified atom stereocenters. The van der Waals surface area contributed by atoms with E-state index in [4.69, 9.17) is 11.6 Å². The molecule has 2 aromatic rings. The molecule has 2 heterocycles. The average Bonchev–Trinajstić information content (AvgIpc) is 2.29. The standard InChI is InChI=1S/C7H3ClOS3/c8-5-1-3-4(9)2-6(10)12-7(3)11-5/h1-2,10H. The van der Waals surface area contributed by atoms with Crippen LogP contribution in [0.25, 0.3) is 9.40 Å². The molecule has 12 heavy (non-hydrogen) atoms. The van der Waals surface area contributed by atoms with Gasteiger partial charge in [0.15, 0.2) is 5.43 Å². The zero-order valence-corrected chi connectivity index (χ0v) is 8.99. The molecule has 0 fully saturated rings. The first-order chi connectivity index (χ1) is 5.66. The van der Waals surface area contributed by atoms with E-state index in [2.05, 4.69) is 12.6 Å². The van der Waals surface area contributed by atoms with Crippen molar-refractivity contribution in [3.05, 3.63) is 26.7 Å². The van der Waals surface area contributed by atoms with Crippen LogP contribution in [-0.4, -0.2) is 0 Å². The van der Waals surface area contributed by atoms with Gasteiger partial charge >= 0.3 is 0 Å². The summed E-state index contributed by atoms with van der Waals surface area (Å²) in [4.78, 5) is 11.3. The molecule has 62 valence electrons. The van der Waals surface area contributed by atoms with Gasteiger partial charge in [-0.2, -0.15) is 0 Å². The predicted molar refractivity (Wildman–Crippen MR) is 58.2 cm³/mol. The molecule has 0 bridgehead atoms. The normalized spacial score (nSPS) is 10.8. The van der Waals surface area contributed by atoms with Gasteiger partial charge < -0.3 is 0 Å². The maximum absolute atomic E-state index is 11.3. The Morgan fingerprint density at radius 1 is 1.33 bits per heavy atom. The average molecular weight is 235 g/mol. The van der Waals surface area contributed by atoms with Crippen LogP contribution in [-0.2, 0) is 0 Å². The molecule has 0 atom stereocenters. The zero-order chi connectivity index (χ0) is 8.72. The lowest BCUT2D eigenvalue weighted by molar-refractivity contribution is 1.62. The number of halogens is 1. The van der Waals surface area contributed by atoms with Crippen LogP contribution in [0.15, 0.2) is 21.1 Å². The summed E-state index contributed by atoms with van der Waals surface area (Å²) in [5, 5.41) is 0.702. The molecule has 0 amide bonds. The fourth-order valence-corrected chi connectivity index (χ4v) is 3.92. The van der Waals surface area contributed by atoms with Gasteiger partial charge in [-0.15, -0.1) is 35.3 Å². The lowest BCUT2D eigenvalue weighted by Crippen LogP contribution is -1.94. The maximum atomic E-state index is 11.3. The van der Waals surface area contributed by atoms with E-state index in [-0.39, 0.29) is 5.43 Å². The maximum Gasteiger partial charge on any atom is 0.190 e. The molecule has 0 radical (unpaired) electrons. The second-order valence-corrected chi connectivity index (χ2v) is 5.98. The van der Waals surface area contributed by atoms with E-state index >= 15 is 0 Å². The van der Waals surface area contributed by atoms with Crippen molar-refractivity contribution in [2.45, 2.75) is 4.21 Å². The van der Waals surface area contributed by atoms with E-state index in [1.165, 1.54) is 28.7 Å². The van der Waals surface area contributed by atoms with Crippen LogP contribution in [0.1, 0.15) is 0 Å². The fraction of sp³-hybridized carbons (Fsp3) is 0. The van der Waals surface area contributed by atoms with E-state index in [0.29, 0.717) is 9.72 Å². The Hall–Kier alpha value is -0.0300. The highest BCUT2D eigenvalue weighted by molar-refractivity contribution is 7.83. The first-order valence-electron chi connectivity index (χ1n) is 3.09. The number of hydrogen-bond donors (Lipinski definition) is 1.